The fourth-order valence-electron chi connectivity index (χ4n) is 2.90. The van der Waals surface area contributed by atoms with Crippen molar-refractivity contribution in [2.45, 2.75) is 18.9 Å². The van der Waals surface area contributed by atoms with E-state index < -0.39 is 5.91 Å². The van der Waals surface area contributed by atoms with Gasteiger partial charge < -0.3 is 20.5 Å². The maximum atomic E-state index is 11.3. The Bertz CT molecular complexity index is 1010. The maximum absolute atomic E-state index is 11.3. The summed E-state index contributed by atoms with van der Waals surface area (Å²) in [5, 5.41) is 4.34. The molecule has 0 radical (unpaired) electrons. The summed E-state index contributed by atoms with van der Waals surface area (Å²) in [5.74, 6) is 2.10. The minimum absolute atomic E-state index is 0.432. The summed E-state index contributed by atoms with van der Waals surface area (Å²) in [7, 11) is 3.20. The van der Waals surface area contributed by atoms with E-state index in [-0.39, 0.29) is 0 Å². The van der Waals surface area contributed by atoms with Crippen molar-refractivity contribution in [1.82, 2.24) is 9.97 Å². The average molecular weight is 364 g/mol. The van der Waals surface area contributed by atoms with Gasteiger partial charge in [0.15, 0.2) is 17.3 Å². The maximum Gasteiger partial charge on any atom is 0.248 e. The van der Waals surface area contributed by atoms with Crippen LogP contribution in [0.5, 0.6) is 11.5 Å². The van der Waals surface area contributed by atoms with Crippen molar-refractivity contribution < 1.29 is 14.3 Å². The molecule has 7 nitrogen and oxygen atoms in total. The first kappa shape index (κ1) is 17.1. The Morgan fingerprint density at radius 3 is 2.33 bits per heavy atom. The number of anilines is 1. The number of methoxy groups -OCH3 is 2. The van der Waals surface area contributed by atoms with E-state index in [0.717, 1.165) is 35.1 Å². The highest BCUT2D eigenvalue weighted by molar-refractivity contribution is 5.94. The van der Waals surface area contributed by atoms with E-state index in [1.807, 2.05) is 12.1 Å². The third-order valence-corrected chi connectivity index (χ3v) is 4.55. The van der Waals surface area contributed by atoms with Crippen LogP contribution >= 0.6 is 0 Å². The highest BCUT2D eigenvalue weighted by Crippen LogP contribution is 2.36. The summed E-state index contributed by atoms with van der Waals surface area (Å²) < 4.78 is 10.8. The van der Waals surface area contributed by atoms with Gasteiger partial charge in [-0.15, -0.1) is 0 Å². The van der Waals surface area contributed by atoms with Crippen LogP contribution in [0.1, 0.15) is 23.2 Å². The number of nitrogens with two attached hydrogens (primary N) is 1. The molecule has 0 spiro atoms. The van der Waals surface area contributed by atoms with Crippen LogP contribution in [0.3, 0.4) is 0 Å². The Kier molecular flexibility index (Phi) is 4.27. The molecule has 7 heteroatoms. The molecule has 1 heterocycles. The number of amides is 1. The third-order valence-electron chi connectivity index (χ3n) is 4.55. The van der Waals surface area contributed by atoms with Crippen LogP contribution in [-0.2, 0) is 0 Å². The van der Waals surface area contributed by atoms with E-state index in [1.54, 1.807) is 38.5 Å². The summed E-state index contributed by atoms with van der Waals surface area (Å²) in [6, 6.07) is 11.1. The fourth-order valence-corrected chi connectivity index (χ4v) is 2.90. The number of rotatable bonds is 6. The monoisotopic (exact) mass is 364 g/mol. The zero-order chi connectivity index (χ0) is 19.0. The smallest absolute Gasteiger partial charge is 0.248 e. The molecule has 0 atom stereocenters. The van der Waals surface area contributed by atoms with Gasteiger partial charge in [0, 0.05) is 28.6 Å². The minimum atomic E-state index is -0.464. The third kappa shape index (κ3) is 3.36. The van der Waals surface area contributed by atoms with Gasteiger partial charge in [-0.1, -0.05) is 12.1 Å². The fraction of sp³-hybridized carbons (Fsp3) is 0.250. The molecule has 1 aliphatic carbocycles. The van der Waals surface area contributed by atoms with Crippen molar-refractivity contribution in [3.8, 4) is 22.9 Å². The number of carbonyl (C=O) groups is 1. The quantitative estimate of drug-likeness (QED) is 0.697. The molecule has 0 saturated heterocycles. The molecular weight excluding hydrogens is 344 g/mol. The summed E-state index contributed by atoms with van der Waals surface area (Å²) in [6.45, 7) is 0. The molecule has 1 aliphatic rings. The van der Waals surface area contributed by atoms with Crippen molar-refractivity contribution in [2.75, 3.05) is 19.5 Å². The summed E-state index contributed by atoms with van der Waals surface area (Å²) >= 11 is 0. The average Bonchev–Trinajstić information content (AvgIpc) is 3.50. The molecule has 1 amide bonds. The molecule has 0 aliphatic heterocycles. The normalized spacial score (nSPS) is 13.4. The topological polar surface area (TPSA) is 99.4 Å². The van der Waals surface area contributed by atoms with Gasteiger partial charge in [-0.25, -0.2) is 9.97 Å². The Morgan fingerprint density at radius 1 is 1.07 bits per heavy atom. The first-order valence-corrected chi connectivity index (χ1v) is 8.69. The predicted molar refractivity (Wildman–Crippen MR) is 103 cm³/mol. The van der Waals surface area contributed by atoms with Gasteiger partial charge in [0.1, 0.15) is 5.82 Å². The van der Waals surface area contributed by atoms with Gasteiger partial charge in [0.2, 0.25) is 5.91 Å². The number of fused-ring (bicyclic) bond motifs is 1. The van der Waals surface area contributed by atoms with Gasteiger partial charge in [-0.3, -0.25) is 4.79 Å². The number of hydrogen-bond donors (Lipinski definition) is 2. The van der Waals surface area contributed by atoms with E-state index >= 15 is 0 Å². The number of hydrogen-bond acceptors (Lipinski definition) is 6. The van der Waals surface area contributed by atoms with Crippen LogP contribution in [0.4, 0.5) is 5.82 Å². The lowest BCUT2D eigenvalue weighted by Crippen LogP contribution is -2.10. The van der Waals surface area contributed by atoms with Crippen molar-refractivity contribution in [2.24, 2.45) is 5.73 Å². The second kappa shape index (κ2) is 6.75. The molecule has 27 heavy (non-hydrogen) atoms. The van der Waals surface area contributed by atoms with Crippen molar-refractivity contribution in [1.29, 1.82) is 0 Å². The van der Waals surface area contributed by atoms with Crippen LogP contribution < -0.4 is 20.5 Å². The molecule has 1 fully saturated rings. The second-order valence-electron chi connectivity index (χ2n) is 6.48. The van der Waals surface area contributed by atoms with E-state index in [9.17, 15) is 4.79 Å². The summed E-state index contributed by atoms with van der Waals surface area (Å²) in [5.41, 5.74) is 7.31. The summed E-state index contributed by atoms with van der Waals surface area (Å²) in [6.07, 6.45) is 2.25. The predicted octanol–water partition coefficient (Wildman–Crippen LogP) is 2.99. The SMILES string of the molecule is COc1cc2nc(-c3ccc(C(N)=O)cc3)nc(NC3CC3)c2cc1OC. The number of primary amides is 1. The van der Waals surface area contributed by atoms with Crippen LogP contribution in [-0.4, -0.2) is 36.1 Å². The van der Waals surface area contributed by atoms with Crippen molar-refractivity contribution in [3.05, 3.63) is 42.0 Å². The molecule has 1 saturated carbocycles. The zero-order valence-electron chi connectivity index (χ0n) is 15.2. The lowest BCUT2D eigenvalue weighted by atomic mass is 10.1. The van der Waals surface area contributed by atoms with Gasteiger partial charge in [-0.2, -0.15) is 0 Å². The molecule has 0 bridgehead atoms. The number of carbonyl (C=O) groups excluding carboxylic acids is 1. The van der Waals surface area contributed by atoms with Gasteiger partial charge in [-0.05, 0) is 31.0 Å². The highest BCUT2D eigenvalue weighted by atomic mass is 16.5. The Labute approximate surface area is 156 Å². The first-order valence-electron chi connectivity index (χ1n) is 8.69. The van der Waals surface area contributed by atoms with Crippen LogP contribution in [0, 0.1) is 0 Å². The number of nitrogens with zero attached hydrogens (tertiary/aromatic N) is 2. The van der Waals surface area contributed by atoms with Crippen molar-refractivity contribution >= 4 is 22.6 Å². The van der Waals surface area contributed by atoms with Gasteiger partial charge >= 0.3 is 0 Å². The van der Waals surface area contributed by atoms with Crippen molar-refractivity contribution in [3.63, 3.8) is 0 Å². The highest BCUT2D eigenvalue weighted by Gasteiger charge is 2.23. The molecule has 138 valence electrons. The molecule has 1 aromatic heterocycles. The van der Waals surface area contributed by atoms with E-state index in [4.69, 9.17) is 20.2 Å². The number of aromatic nitrogens is 2. The van der Waals surface area contributed by atoms with E-state index in [1.165, 1.54) is 0 Å². The minimum Gasteiger partial charge on any atom is -0.493 e. The van der Waals surface area contributed by atoms with E-state index in [2.05, 4.69) is 10.3 Å². The Balaban J connectivity index is 1.86. The second-order valence-corrected chi connectivity index (χ2v) is 6.48. The lowest BCUT2D eigenvalue weighted by Gasteiger charge is -2.14. The molecule has 4 rings (SSSR count). The van der Waals surface area contributed by atoms with Crippen LogP contribution in [0.15, 0.2) is 36.4 Å². The van der Waals surface area contributed by atoms with Crippen LogP contribution in [0.25, 0.3) is 22.3 Å². The van der Waals surface area contributed by atoms with E-state index in [0.29, 0.717) is 28.9 Å². The standard InChI is InChI=1S/C20H20N4O3/c1-26-16-9-14-15(10-17(16)27-2)23-19(24-20(14)22-13-7-8-13)12-5-3-11(4-6-12)18(21)25/h3-6,9-10,13H,7-8H2,1-2H3,(H2,21,25)(H,22,23,24). The van der Waals surface area contributed by atoms with Gasteiger partial charge in [0.05, 0.1) is 19.7 Å². The molecule has 3 N–H and O–H groups in total. The molecule has 3 aromatic rings. The molecule has 2 aromatic carbocycles. The number of benzene rings is 2. The molecular formula is C20H20N4O3. The number of nitrogens with one attached hydrogen (secondary N) is 1. The lowest BCUT2D eigenvalue weighted by molar-refractivity contribution is 0.100. The number of ether oxygens (including phenoxy) is 2. The largest absolute Gasteiger partial charge is 0.493 e. The molecule has 0 unspecified atom stereocenters. The van der Waals surface area contributed by atoms with Gasteiger partial charge in [0.25, 0.3) is 0 Å². The summed E-state index contributed by atoms with van der Waals surface area (Å²) in [4.78, 5) is 20.7. The first-order chi connectivity index (χ1) is 13.1. The van der Waals surface area contributed by atoms with Crippen LogP contribution in [0.2, 0.25) is 0 Å². The Hall–Kier alpha value is -3.35. The zero-order valence-corrected chi connectivity index (χ0v) is 15.2. The Morgan fingerprint density at radius 2 is 1.74 bits per heavy atom.